The number of nitrogens with zero attached hydrogens (tertiary/aromatic N) is 3. The summed E-state index contributed by atoms with van der Waals surface area (Å²) < 4.78 is 0. The summed E-state index contributed by atoms with van der Waals surface area (Å²) in [7, 11) is 0. The van der Waals surface area contributed by atoms with Gasteiger partial charge >= 0.3 is 0 Å². The molecule has 2 rings (SSSR count). The first-order valence-electron chi connectivity index (χ1n) is 7.15. The number of anilines is 1. The maximum Gasteiger partial charge on any atom is 0.274 e. The fourth-order valence-electron chi connectivity index (χ4n) is 2.20. The van der Waals surface area contributed by atoms with E-state index in [4.69, 9.17) is 0 Å². The number of hydrogen-bond acceptors (Lipinski definition) is 5. The van der Waals surface area contributed by atoms with Crippen molar-refractivity contribution in [1.29, 1.82) is 0 Å². The van der Waals surface area contributed by atoms with Gasteiger partial charge in [-0.3, -0.25) is 9.78 Å². The summed E-state index contributed by atoms with van der Waals surface area (Å²) in [6.45, 7) is 5.89. The summed E-state index contributed by atoms with van der Waals surface area (Å²) in [5, 5.41) is 13.0. The fourth-order valence-corrected chi connectivity index (χ4v) is 2.20. The number of piperidine rings is 1. The molecule has 0 spiro atoms. The van der Waals surface area contributed by atoms with Gasteiger partial charge in [0, 0.05) is 19.6 Å². The number of carbonyl (C=O) groups is 1. The summed E-state index contributed by atoms with van der Waals surface area (Å²) in [4.78, 5) is 22.3. The molecule has 1 saturated heterocycles. The van der Waals surface area contributed by atoms with Gasteiger partial charge in [-0.1, -0.05) is 13.8 Å². The van der Waals surface area contributed by atoms with E-state index < -0.39 is 6.10 Å². The zero-order chi connectivity index (χ0) is 14.5. The second-order valence-corrected chi connectivity index (χ2v) is 5.30. The van der Waals surface area contributed by atoms with Crippen molar-refractivity contribution >= 4 is 11.7 Å². The molecule has 0 aromatic carbocycles. The quantitative estimate of drug-likeness (QED) is 0.863. The predicted octanol–water partition coefficient (Wildman–Crippen LogP) is 1.14. The first-order chi connectivity index (χ1) is 9.61. The number of aliphatic hydroxyl groups is 1. The third kappa shape index (κ3) is 3.45. The van der Waals surface area contributed by atoms with Crippen molar-refractivity contribution in [3.8, 4) is 0 Å². The van der Waals surface area contributed by atoms with Gasteiger partial charge in [0.1, 0.15) is 11.5 Å². The maximum atomic E-state index is 12.4. The van der Waals surface area contributed by atoms with Gasteiger partial charge in [0.15, 0.2) is 0 Å². The Balaban J connectivity index is 2.05. The van der Waals surface area contributed by atoms with Gasteiger partial charge in [0.25, 0.3) is 5.91 Å². The molecule has 0 radical (unpaired) electrons. The maximum absolute atomic E-state index is 12.4. The zero-order valence-electron chi connectivity index (χ0n) is 12.0. The number of hydrogen-bond donors (Lipinski definition) is 2. The third-order valence-electron chi connectivity index (χ3n) is 3.62. The zero-order valence-corrected chi connectivity index (χ0v) is 12.0. The molecule has 0 aliphatic carbocycles. The molecule has 2 heterocycles. The van der Waals surface area contributed by atoms with Gasteiger partial charge in [-0.15, -0.1) is 0 Å². The van der Waals surface area contributed by atoms with E-state index in [-0.39, 0.29) is 11.8 Å². The minimum Gasteiger partial charge on any atom is -0.391 e. The van der Waals surface area contributed by atoms with Crippen molar-refractivity contribution < 1.29 is 9.90 Å². The molecule has 1 fully saturated rings. The Morgan fingerprint density at radius 3 is 3.05 bits per heavy atom. The second-order valence-electron chi connectivity index (χ2n) is 5.30. The smallest absolute Gasteiger partial charge is 0.274 e. The number of aromatic nitrogens is 2. The molecule has 6 nitrogen and oxygen atoms in total. The van der Waals surface area contributed by atoms with Crippen LogP contribution in [0.2, 0.25) is 0 Å². The molecule has 0 bridgehead atoms. The Labute approximate surface area is 119 Å². The highest BCUT2D eigenvalue weighted by Crippen LogP contribution is 2.18. The summed E-state index contributed by atoms with van der Waals surface area (Å²) in [5.41, 5.74) is 0.327. The van der Waals surface area contributed by atoms with Crippen molar-refractivity contribution in [2.24, 2.45) is 5.92 Å². The summed E-state index contributed by atoms with van der Waals surface area (Å²) in [6, 6.07) is 0. The molecule has 2 unspecified atom stereocenters. The molecule has 1 amide bonds. The van der Waals surface area contributed by atoms with Crippen LogP contribution in [-0.4, -0.2) is 51.6 Å². The van der Waals surface area contributed by atoms with E-state index in [0.717, 1.165) is 19.4 Å². The van der Waals surface area contributed by atoms with Crippen LogP contribution in [0.25, 0.3) is 0 Å². The van der Waals surface area contributed by atoms with Crippen LogP contribution < -0.4 is 5.32 Å². The van der Waals surface area contributed by atoms with Crippen LogP contribution in [0.3, 0.4) is 0 Å². The fraction of sp³-hybridized carbons (Fsp3) is 0.643. The van der Waals surface area contributed by atoms with E-state index in [1.54, 1.807) is 11.1 Å². The Hall–Kier alpha value is -1.69. The first-order valence-corrected chi connectivity index (χ1v) is 7.15. The molecule has 1 aliphatic heterocycles. The average Bonchev–Trinajstić information content (AvgIpc) is 2.47. The first kappa shape index (κ1) is 14.7. The lowest BCUT2D eigenvalue weighted by Gasteiger charge is -2.34. The van der Waals surface area contributed by atoms with Crippen molar-refractivity contribution in [3.63, 3.8) is 0 Å². The molecular weight excluding hydrogens is 256 g/mol. The van der Waals surface area contributed by atoms with Gasteiger partial charge in [-0.05, 0) is 18.8 Å². The van der Waals surface area contributed by atoms with Crippen LogP contribution in [0, 0.1) is 5.92 Å². The van der Waals surface area contributed by atoms with Gasteiger partial charge in [-0.25, -0.2) is 4.98 Å². The van der Waals surface area contributed by atoms with Gasteiger partial charge < -0.3 is 15.3 Å². The standard InChI is InChI=1S/C14H22N4O2/c1-3-5-16-13-8-15-7-11(17-13)14(20)18-6-4-10(2)12(19)9-18/h7-8,10,12,19H,3-6,9H2,1-2H3,(H,16,17). The van der Waals surface area contributed by atoms with E-state index in [2.05, 4.69) is 22.2 Å². The van der Waals surface area contributed by atoms with Crippen LogP contribution in [-0.2, 0) is 0 Å². The van der Waals surface area contributed by atoms with Gasteiger partial charge in [-0.2, -0.15) is 0 Å². The Morgan fingerprint density at radius 1 is 1.55 bits per heavy atom. The third-order valence-corrected chi connectivity index (χ3v) is 3.62. The number of β-amino-alcohol motifs (C(OH)–C–C–N with tert-alkyl or cyclic N) is 1. The number of likely N-dealkylation sites (tertiary alicyclic amines) is 1. The Bertz CT molecular complexity index is 466. The molecule has 1 aromatic rings. The van der Waals surface area contributed by atoms with E-state index in [1.165, 1.54) is 6.20 Å². The van der Waals surface area contributed by atoms with Crippen LogP contribution in [0.15, 0.2) is 12.4 Å². The highest BCUT2D eigenvalue weighted by Gasteiger charge is 2.28. The van der Waals surface area contributed by atoms with E-state index in [9.17, 15) is 9.90 Å². The van der Waals surface area contributed by atoms with Gasteiger partial charge in [0.2, 0.25) is 0 Å². The highest BCUT2D eigenvalue weighted by atomic mass is 16.3. The van der Waals surface area contributed by atoms with Crippen molar-refractivity contribution in [2.45, 2.75) is 32.8 Å². The summed E-state index contributed by atoms with van der Waals surface area (Å²) in [5.74, 6) is 0.690. The summed E-state index contributed by atoms with van der Waals surface area (Å²) in [6.07, 6.45) is 4.43. The van der Waals surface area contributed by atoms with Crippen LogP contribution in [0.1, 0.15) is 37.2 Å². The molecule has 1 aromatic heterocycles. The highest BCUT2D eigenvalue weighted by molar-refractivity contribution is 5.92. The molecule has 1 aliphatic rings. The predicted molar refractivity (Wildman–Crippen MR) is 76.5 cm³/mol. The van der Waals surface area contributed by atoms with E-state index in [1.807, 2.05) is 6.92 Å². The number of amides is 1. The summed E-state index contributed by atoms with van der Waals surface area (Å²) >= 11 is 0. The molecule has 110 valence electrons. The Kier molecular flexibility index (Phi) is 4.89. The average molecular weight is 278 g/mol. The van der Waals surface area contributed by atoms with Crippen LogP contribution in [0.4, 0.5) is 5.82 Å². The number of rotatable bonds is 4. The molecule has 2 N–H and O–H groups in total. The van der Waals surface area contributed by atoms with Crippen LogP contribution in [0.5, 0.6) is 0 Å². The number of carbonyl (C=O) groups excluding carboxylic acids is 1. The molecule has 20 heavy (non-hydrogen) atoms. The normalized spacial score (nSPS) is 22.6. The lowest BCUT2D eigenvalue weighted by Crippen LogP contribution is -2.46. The minimum absolute atomic E-state index is 0.163. The van der Waals surface area contributed by atoms with Gasteiger partial charge in [0.05, 0.1) is 18.5 Å². The lowest BCUT2D eigenvalue weighted by atomic mass is 9.96. The van der Waals surface area contributed by atoms with E-state index >= 15 is 0 Å². The molecule has 0 saturated carbocycles. The molecule has 6 heteroatoms. The van der Waals surface area contributed by atoms with E-state index in [0.29, 0.717) is 24.6 Å². The number of nitrogens with one attached hydrogen (secondary N) is 1. The van der Waals surface area contributed by atoms with Crippen molar-refractivity contribution in [3.05, 3.63) is 18.1 Å². The molecular formula is C14H22N4O2. The lowest BCUT2D eigenvalue weighted by molar-refractivity contribution is 0.0245. The second kappa shape index (κ2) is 6.65. The number of aliphatic hydroxyl groups excluding tert-OH is 1. The largest absolute Gasteiger partial charge is 0.391 e. The topological polar surface area (TPSA) is 78.4 Å². The molecule has 2 atom stereocenters. The monoisotopic (exact) mass is 278 g/mol. The SMILES string of the molecule is CCCNc1cncc(C(=O)N2CCC(C)C(O)C2)n1. The van der Waals surface area contributed by atoms with Crippen molar-refractivity contribution in [2.75, 3.05) is 25.0 Å². The van der Waals surface area contributed by atoms with Crippen molar-refractivity contribution in [1.82, 2.24) is 14.9 Å². The van der Waals surface area contributed by atoms with Crippen LogP contribution >= 0.6 is 0 Å². The Morgan fingerprint density at radius 2 is 2.35 bits per heavy atom. The minimum atomic E-state index is -0.456.